The third-order valence-corrected chi connectivity index (χ3v) is 13.9. The molecule has 92 heavy (non-hydrogen) atoms. The number of hydrogen-bond donors (Lipinski definition) is 29. The van der Waals surface area contributed by atoms with Crippen LogP contribution in [0.3, 0.4) is 0 Å². The molecule has 0 saturated carbocycles. The highest BCUT2D eigenvalue weighted by Gasteiger charge is 2.46. The molecule has 3 aromatic rings. The molecule has 0 saturated heterocycles. The van der Waals surface area contributed by atoms with Crippen LogP contribution in [0.4, 0.5) is 11.6 Å². The number of carboxylic acids is 2. The van der Waals surface area contributed by atoms with E-state index in [0.29, 0.717) is 11.4 Å². The predicted octanol–water partition coefficient (Wildman–Crippen LogP) is -14.5. The van der Waals surface area contributed by atoms with Gasteiger partial charge in [0.15, 0.2) is 11.2 Å². The normalized spacial score (nSPS) is 17.8. The van der Waals surface area contributed by atoms with E-state index < -0.39 is 219 Å². The first-order valence-electron chi connectivity index (χ1n) is 27.3. The molecule has 0 aliphatic rings. The number of fused-ring (bicyclic) bond motifs is 1. The Morgan fingerprint density at radius 1 is 0.554 bits per heavy atom. The van der Waals surface area contributed by atoms with Gasteiger partial charge in [0.25, 0.3) is 11.5 Å². The van der Waals surface area contributed by atoms with Gasteiger partial charge in [-0.25, -0.2) is 14.8 Å². The van der Waals surface area contributed by atoms with Crippen molar-refractivity contribution in [3.63, 3.8) is 0 Å². The lowest BCUT2D eigenvalue weighted by atomic mass is 9.96. The van der Waals surface area contributed by atoms with Crippen molar-refractivity contribution in [1.29, 1.82) is 0 Å². The number of nitrogens with one attached hydrogen (secondary N) is 9. The molecule has 41 nitrogen and oxygen atoms in total. The van der Waals surface area contributed by atoms with E-state index in [1.165, 1.54) is 37.4 Å². The molecule has 0 spiro atoms. The number of aromatic amines is 1. The highest BCUT2D eigenvalue weighted by molar-refractivity contribution is 7.80. The van der Waals surface area contributed by atoms with Crippen LogP contribution in [0.25, 0.3) is 11.2 Å². The molecular formula is C50H75N13O28S. The van der Waals surface area contributed by atoms with Gasteiger partial charge in [-0.1, -0.05) is 0 Å². The largest absolute Gasteiger partial charge is 0.481 e. The van der Waals surface area contributed by atoms with Crippen LogP contribution in [0, 0.1) is 0 Å². The summed E-state index contributed by atoms with van der Waals surface area (Å²) in [4.78, 5) is 147. The number of aliphatic carboxylic acids is 2. The molecule has 19 atom stereocenters. The molecule has 0 aliphatic carbocycles. The Kier molecular flexibility index (Phi) is 31.4. The Bertz CT molecular complexity index is 3050. The standard InChI is InChI=1S/C50H75N13O28S/c1-16(54-42(83)17-3-5-18(6-4-17)52-9-19-10-53-41-32(55-19)48(89)63-50(51)62-41)2-7-26(72)58-28(37(79)33(75)22(68)11-64)44(85)56-20(8-27(73)74)43(84)59-30(39(81)35(77)24(70)13-66)46(87)61-31(40(82)36(78)25(71)14-67)47(88)60-29(38(80)34(76)23(69)12-65)45(86)57-21(15-92)49(90)91/h3-6,10,16,20-25,28-31,33-40,52,64-71,75-82,92H,2,7-9,11-15H2,1H3,(H,54,83)(H,56,85)(H,57,86)(H,58,72)(H,59,84)(H,60,88)(H,61,87)(H,73,74)(H,90,91)(H3,51,53,62,63,89)/t16-,20+,21+,22-,23-,24-,25-,28+,29+,30+,31+,33-,34-,35-,36?,37-,38-,39-,40-/m1/s1. The van der Waals surface area contributed by atoms with Crippen LogP contribution < -0.4 is 53.8 Å². The van der Waals surface area contributed by atoms with Crippen molar-refractivity contribution in [2.75, 3.05) is 43.2 Å². The summed E-state index contributed by atoms with van der Waals surface area (Å²) in [6.45, 7) is -3.96. The lowest BCUT2D eigenvalue weighted by Gasteiger charge is -2.35. The van der Waals surface area contributed by atoms with Crippen LogP contribution in [0.1, 0.15) is 42.2 Å². The van der Waals surface area contributed by atoms with E-state index in [1.54, 1.807) is 26.6 Å². The molecule has 514 valence electrons. The average Bonchev–Trinajstić information content (AvgIpc) is 0.850. The second-order valence-corrected chi connectivity index (χ2v) is 20.9. The minimum atomic E-state index is -2.99. The Morgan fingerprint density at radius 2 is 0.967 bits per heavy atom. The number of anilines is 2. The maximum atomic E-state index is 14.3. The zero-order chi connectivity index (χ0) is 69.6. The topological polar surface area (TPSA) is 712 Å². The van der Waals surface area contributed by atoms with Crippen LogP contribution in [0.15, 0.2) is 35.3 Å². The number of benzene rings is 1. The van der Waals surface area contributed by atoms with Gasteiger partial charge < -0.3 is 140 Å². The van der Waals surface area contributed by atoms with Crippen LogP contribution >= 0.6 is 12.6 Å². The first-order valence-corrected chi connectivity index (χ1v) is 27.9. The number of nitrogen functional groups attached to an aromatic ring is 1. The molecule has 2 aromatic heterocycles. The van der Waals surface area contributed by atoms with Gasteiger partial charge in [0, 0.05) is 29.5 Å². The number of amides is 7. The number of H-pyrrole nitrogens is 1. The lowest BCUT2D eigenvalue weighted by Crippen LogP contribution is -2.68. The van der Waals surface area contributed by atoms with E-state index in [2.05, 4.69) is 43.2 Å². The number of nitrogens with zero attached hydrogens (tertiary/aromatic N) is 3. The summed E-state index contributed by atoms with van der Waals surface area (Å²) in [6.07, 6.45) is -32.7. The maximum absolute atomic E-state index is 14.3. The molecule has 29 N–H and O–H groups in total. The van der Waals surface area contributed by atoms with Crippen molar-refractivity contribution in [3.8, 4) is 0 Å². The fourth-order valence-electron chi connectivity index (χ4n) is 8.15. The van der Waals surface area contributed by atoms with Gasteiger partial charge in [-0.05, 0) is 37.6 Å². The molecular weight excluding hydrogens is 1260 g/mol. The van der Waals surface area contributed by atoms with Gasteiger partial charge in [-0.3, -0.25) is 48.1 Å². The number of aliphatic hydroxyl groups is 16. The third-order valence-electron chi connectivity index (χ3n) is 13.5. The molecule has 1 aromatic carbocycles. The maximum Gasteiger partial charge on any atom is 0.327 e. The number of carbonyl (C=O) groups is 9. The molecule has 7 amide bonds. The highest BCUT2D eigenvalue weighted by Crippen LogP contribution is 2.16. The van der Waals surface area contributed by atoms with Gasteiger partial charge in [0.2, 0.25) is 41.4 Å². The Morgan fingerprint density at radius 3 is 1.38 bits per heavy atom. The molecule has 42 heteroatoms. The molecule has 2 heterocycles. The molecule has 3 rings (SSSR count). The van der Waals surface area contributed by atoms with Gasteiger partial charge in [-0.2, -0.15) is 17.6 Å². The number of hydrogen-bond acceptors (Lipinski definition) is 32. The fourth-order valence-corrected chi connectivity index (χ4v) is 8.40. The number of aliphatic hydroxyl groups excluding tert-OH is 16. The average molecular weight is 1340 g/mol. The molecule has 0 fully saturated rings. The Hall–Kier alpha value is -8.02. The number of carboxylic acid groups (broad SMARTS) is 2. The minimum Gasteiger partial charge on any atom is -0.481 e. The SMILES string of the molecule is C[C@H](CCC(=O)N[C@H](C(=O)N[C@@H](CC(=O)O)C(=O)N[C@H](C(=O)N[C@H](C(=O)N[C@H](C(=O)N[C@@H](CS)C(=O)O)[C@@H](O)[C@H](O)[C@H](O)CO)[C@@H](O)C(O)[C@H](O)CO)[C@@H](O)[C@H](O)[C@H](O)CO)[C@@H](O)[C@H](O)[C@H](O)CO)NC(=O)c1ccc(NCc2cnc3nc(N)[nH]c(=O)c3n2)cc1. The van der Waals surface area contributed by atoms with Gasteiger partial charge >= 0.3 is 11.9 Å². The van der Waals surface area contributed by atoms with Crippen molar-refractivity contribution < 1.29 is 135 Å². The van der Waals surface area contributed by atoms with Gasteiger partial charge in [0.1, 0.15) is 109 Å². The van der Waals surface area contributed by atoms with Crippen molar-refractivity contribution in [1.82, 2.24) is 57.2 Å². The van der Waals surface area contributed by atoms with E-state index in [-0.39, 0.29) is 35.6 Å². The van der Waals surface area contributed by atoms with Gasteiger partial charge in [-0.15, -0.1) is 0 Å². The molecule has 0 aliphatic heterocycles. The molecule has 0 bridgehead atoms. The quantitative estimate of drug-likeness (QED) is 0.0236. The second-order valence-electron chi connectivity index (χ2n) is 20.5. The zero-order valence-corrected chi connectivity index (χ0v) is 49.1. The van der Waals surface area contributed by atoms with Crippen molar-refractivity contribution >= 4 is 88.7 Å². The van der Waals surface area contributed by atoms with Crippen LogP contribution in [0.5, 0.6) is 0 Å². The Balaban J connectivity index is 1.93. The van der Waals surface area contributed by atoms with Crippen LogP contribution in [0.2, 0.25) is 0 Å². The second kappa shape index (κ2) is 36.9. The predicted molar refractivity (Wildman–Crippen MR) is 308 cm³/mol. The zero-order valence-electron chi connectivity index (χ0n) is 48.2. The summed E-state index contributed by atoms with van der Waals surface area (Å²) in [6, 6.07) is -10.7. The van der Waals surface area contributed by atoms with E-state index in [1.807, 2.05) is 5.32 Å². The van der Waals surface area contributed by atoms with Crippen molar-refractivity contribution in [2.45, 2.75) is 148 Å². The van der Waals surface area contributed by atoms with Crippen LogP contribution in [-0.2, 0) is 44.9 Å². The molecule has 1 unspecified atom stereocenters. The first kappa shape index (κ1) is 78.2. The van der Waals surface area contributed by atoms with E-state index in [4.69, 9.17) is 5.73 Å². The van der Waals surface area contributed by atoms with Crippen molar-refractivity contribution in [2.24, 2.45) is 0 Å². The lowest BCUT2D eigenvalue weighted by molar-refractivity contribution is -0.149. The number of carbonyl (C=O) groups excluding carboxylic acids is 7. The third kappa shape index (κ3) is 22.4. The summed E-state index contributed by atoms with van der Waals surface area (Å²) in [5, 5.41) is 201. The Labute approximate surface area is 523 Å². The van der Waals surface area contributed by atoms with Gasteiger partial charge in [0.05, 0.1) is 51.3 Å². The molecule has 0 radical (unpaired) electrons. The summed E-state index contributed by atoms with van der Waals surface area (Å²) in [7, 11) is 0. The summed E-state index contributed by atoms with van der Waals surface area (Å²) in [5.74, 6) is -16.1. The minimum absolute atomic E-state index is 0.0266. The summed E-state index contributed by atoms with van der Waals surface area (Å²) in [5.41, 5.74) is 5.88. The number of thiol groups is 1. The van der Waals surface area contributed by atoms with E-state index in [0.717, 1.165) is 0 Å². The summed E-state index contributed by atoms with van der Waals surface area (Å²) >= 11 is 3.75. The number of nitrogens with two attached hydrogens (primary N) is 1. The smallest absolute Gasteiger partial charge is 0.327 e. The summed E-state index contributed by atoms with van der Waals surface area (Å²) < 4.78 is 0. The number of aromatic nitrogens is 4. The highest BCUT2D eigenvalue weighted by atomic mass is 32.1. The fraction of sp³-hybridized carbons (Fsp3) is 0.580. The van der Waals surface area contributed by atoms with E-state index >= 15 is 0 Å². The van der Waals surface area contributed by atoms with Crippen molar-refractivity contribution in [3.05, 3.63) is 52.1 Å². The monoisotopic (exact) mass is 1340 g/mol. The number of rotatable bonds is 39. The van der Waals surface area contributed by atoms with E-state index in [9.17, 15) is 140 Å². The van der Waals surface area contributed by atoms with Crippen LogP contribution in [-0.4, -0.2) is 313 Å². The first-order chi connectivity index (χ1) is 43.2.